The number of benzene rings is 2. The first-order valence-electron chi connectivity index (χ1n) is 9.24. The van der Waals surface area contributed by atoms with Crippen LogP contribution in [0, 0.1) is 13.8 Å². The highest BCUT2D eigenvalue weighted by molar-refractivity contribution is 5.88. The largest absolute Gasteiger partial charge is 0.483 e. The van der Waals surface area contributed by atoms with Crippen molar-refractivity contribution in [2.75, 3.05) is 6.61 Å². The Hall–Kier alpha value is -3.74. The molecule has 1 amide bonds. The normalized spacial score (nSPS) is 10.8. The Kier molecular flexibility index (Phi) is 5.20. The summed E-state index contributed by atoms with van der Waals surface area (Å²) in [6.07, 6.45) is 0. The van der Waals surface area contributed by atoms with Gasteiger partial charge in [0.25, 0.3) is 5.91 Å². The number of para-hydroxylation sites is 1. The second-order valence-corrected chi connectivity index (χ2v) is 6.68. The minimum absolute atomic E-state index is 0.119. The van der Waals surface area contributed by atoms with Crippen LogP contribution in [0.5, 0.6) is 5.75 Å². The summed E-state index contributed by atoms with van der Waals surface area (Å²) in [6.45, 7) is 3.92. The molecule has 0 atom stereocenters. The van der Waals surface area contributed by atoms with E-state index in [9.17, 15) is 4.79 Å². The van der Waals surface area contributed by atoms with Gasteiger partial charge in [-0.05, 0) is 25.5 Å². The molecule has 0 aliphatic heterocycles. The Morgan fingerprint density at radius 3 is 2.72 bits per heavy atom. The van der Waals surface area contributed by atoms with Gasteiger partial charge in [0.1, 0.15) is 5.75 Å². The number of carbonyl (C=O) groups excluding carboxylic acids is 1. The van der Waals surface area contributed by atoms with Crippen molar-refractivity contribution in [2.45, 2.75) is 20.4 Å². The van der Waals surface area contributed by atoms with Gasteiger partial charge in [-0.3, -0.25) is 9.78 Å². The van der Waals surface area contributed by atoms with Gasteiger partial charge in [-0.2, -0.15) is 4.98 Å². The van der Waals surface area contributed by atoms with Crippen LogP contribution in [0.15, 0.2) is 59.1 Å². The molecule has 0 saturated carbocycles. The van der Waals surface area contributed by atoms with E-state index in [0.29, 0.717) is 17.5 Å². The molecule has 0 unspecified atom stereocenters. The third-order valence-corrected chi connectivity index (χ3v) is 4.43. The number of nitrogens with zero attached hydrogens (tertiary/aromatic N) is 3. The fourth-order valence-corrected chi connectivity index (χ4v) is 3.00. The molecule has 1 N–H and O–H groups in total. The highest BCUT2D eigenvalue weighted by atomic mass is 16.5. The summed E-state index contributed by atoms with van der Waals surface area (Å²) in [7, 11) is 0. The molecule has 2 aromatic heterocycles. The van der Waals surface area contributed by atoms with Crippen molar-refractivity contribution in [3.63, 3.8) is 0 Å². The van der Waals surface area contributed by atoms with Crippen molar-refractivity contribution in [3.05, 3.63) is 71.7 Å². The Bertz CT molecular complexity index is 1160. The molecule has 2 aromatic carbocycles. The van der Waals surface area contributed by atoms with E-state index in [1.165, 1.54) is 0 Å². The van der Waals surface area contributed by atoms with E-state index >= 15 is 0 Å². The molecule has 0 radical (unpaired) electrons. The van der Waals surface area contributed by atoms with Crippen molar-refractivity contribution in [2.24, 2.45) is 0 Å². The van der Waals surface area contributed by atoms with E-state index in [-0.39, 0.29) is 19.1 Å². The predicted molar refractivity (Wildman–Crippen MR) is 108 cm³/mol. The van der Waals surface area contributed by atoms with Crippen molar-refractivity contribution in [1.29, 1.82) is 0 Å². The van der Waals surface area contributed by atoms with Crippen LogP contribution in [0.4, 0.5) is 0 Å². The molecule has 0 bridgehead atoms. The number of pyridine rings is 1. The Balaban J connectivity index is 1.37. The number of nitrogens with one attached hydrogen (secondary N) is 1. The third kappa shape index (κ3) is 4.24. The zero-order chi connectivity index (χ0) is 20.2. The Morgan fingerprint density at radius 1 is 1.07 bits per heavy atom. The van der Waals surface area contributed by atoms with Crippen LogP contribution in [0.25, 0.3) is 22.3 Å². The molecule has 4 rings (SSSR count). The quantitative estimate of drug-likeness (QED) is 0.543. The molecule has 0 aliphatic rings. The van der Waals surface area contributed by atoms with Crippen molar-refractivity contribution in [3.8, 4) is 17.1 Å². The summed E-state index contributed by atoms with van der Waals surface area (Å²) < 4.78 is 11.0. The first-order valence-corrected chi connectivity index (χ1v) is 9.24. The molecule has 29 heavy (non-hydrogen) atoms. The minimum atomic E-state index is -0.278. The molecule has 0 fully saturated rings. The number of aryl methyl sites for hydroxylation is 2. The summed E-state index contributed by atoms with van der Waals surface area (Å²) in [4.78, 5) is 21.1. The van der Waals surface area contributed by atoms with Gasteiger partial charge in [0, 0.05) is 22.7 Å². The first kappa shape index (κ1) is 18.6. The molecule has 4 aromatic rings. The molecule has 7 nitrogen and oxygen atoms in total. The van der Waals surface area contributed by atoms with Gasteiger partial charge in [-0.25, -0.2) is 0 Å². The number of amides is 1. The second kappa shape index (κ2) is 8.10. The van der Waals surface area contributed by atoms with Crippen molar-refractivity contribution in [1.82, 2.24) is 20.4 Å². The fraction of sp³-hybridized carbons (Fsp3) is 0.182. The van der Waals surface area contributed by atoms with Crippen molar-refractivity contribution >= 4 is 16.8 Å². The van der Waals surface area contributed by atoms with Crippen LogP contribution in [0.2, 0.25) is 0 Å². The Labute approximate surface area is 167 Å². The van der Waals surface area contributed by atoms with Gasteiger partial charge < -0.3 is 14.6 Å². The van der Waals surface area contributed by atoms with Gasteiger partial charge in [0.15, 0.2) is 6.61 Å². The number of rotatable bonds is 6. The van der Waals surface area contributed by atoms with Gasteiger partial charge >= 0.3 is 0 Å². The minimum Gasteiger partial charge on any atom is -0.483 e. The molecular weight excluding hydrogens is 368 g/mol. The molecule has 7 heteroatoms. The smallest absolute Gasteiger partial charge is 0.258 e. The lowest BCUT2D eigenvalue weighted by atomic mass is 10.1. The number of hydrogen-bond acceptors (Lipinski definition) is 6. The lowest BCUT2D eigenvalue weighted by Gasteiger charge is -2.11. The number of carbonyl (C=O) groups is 1. The lowest BCUT2D eigenvalue weighted by molar-refractivity contribution is -0.123. The molecule has 146 valence electrons. The topological polar surface area (TPSA) is 90.1 Å². The van der Waals surface area contributed by atoms with Crippen LogP contribution in [0.3, 0.4) is 0 Å². The summed E-state index contributed by atoms with van der Waals surface area (Å²) >= 11 is 0. The molecule has 0 aliphatic carbocycles. The average Bonchev–Trinajstić information content (AvgIpc) is 3.21. The monoisotopic (exact) mass is 388 g/mol. The van der Waals surface area contributed by atoms with Gasteiger partial charge in [0.2, 0.25) is 11.7 Å². The van der Waals surface area contributed by atoms with E-state index in [2.05, 4.69) is 20.4 Å². The van der Waals surface area contributed by atoms with Crippen LogP contribution in [-0.2, 0) is 11.3 Å². The summed E-state index contributed by atoms with van der Waals surface area (Å²) in [5, 5.41) is 7.55. The SMILES string of the molecule is Cc1cc(OCC(=O)NCc2nc(-c3ccccc3)no2)c2cccc(C)c2n1. The number of aromatic nitrogens is 3. The van der Waals surface area contributed by atoms with Crippen LogP contribution in [0.1, 0.15) is 17.1 Å². The third-order valence-electron chi connectivity index (χ3n) is 4.43. The molecule has 0 saturated heterocycles. The van der Waals surface area contributed by atoms with E-state index < -0.39 is 0 Å². The van der Waals surface area contributed by atoms with Crippen LogP contribution in [-0.4, -0.2) is 27.6 Å². The molecule has 0 spiro atoms. The second-order valence-electron chi connectivity index (χ2n) is 6.68. The van der Waals surface area contributed by atoms with E-state index in [1.54, 1.807) is 0 Å². The van der Waals surface area contributed by atoms with Gasteiger partial charge in [0.05, 0.1) is 12.1 Å². The summed E-state index contributed by atoms with van der Waals surface area (Å²) in [5.41, 5.74) is 3.63. The van der Waals surface area contributed by atoms with Crippen LogP contribution < -0.4 is 10.1 Å². The first-order chi connectivity index (χ1) is 14.1. The standard InChI is InChI=1S/C22H20N4O3/c1-14-7-6-10-17-18(11-15(2)24-21(14)17)28-13-19(27)23-12-20-25-22(26-29-20)16-8-4-3-5-9-16/h3-11H,12-13H2,1-2H3,(H,23,27). The zero-order valence-corrected chi connectivity index (χ0v) is 16.2. The number of hydrogen-bond donors (Lipinski definition) is 1. The zero-order valence-electron chi connectivity index (χ0n) is 16.2. The number of ether oxygens (including phenoxy) is 1. The lowest BCUT2D eigenvalue weighted by Crippen LogP contribution is -2.28. The fourth-order valence-electron chi connectivity index (χ4n) is 3.00. The predicted octanol–water partition coefficient (Wildman–Crippen LogP) is 3.60. The maximum Gasteiger partial charge on any atom is 0.258 e. The van der Waals surface area contributed by atoms with Gasteiger partial charge in [-0.15, -0.1) is 0 Å². The van der Waals surface area contributed by atoms with E-state index in [0.717, 1.165) is 27.7 Å². The highest BCUT2D eigenvalue weighted by Gasteiger charge is 2.12. The maximum atomic E-state index is 12.2. The van der Waals surface area contributed by atoms with Gasteiger partial charge in [-0.1, -0.05) is 47.6 Å². The van der Waals surface area contributed by atoms with Crippen molar-refractivity contribution < 1.29 is 14.1 Å². The average molecular weight is 388 g/mol. The highest BCUT2D eigenvalue weighted by Crippen LogP contribution is 2.27. The van der Waals surface area contributed by atoms with E-state index in [4.69, 9.17) is 9.26 Å². The summed E-state index contributed by atoms with van der Waals surface area (Å²) in [6, 6.07) is 17.2. The number of fused-ring (bicyclic) bond motifs is 1. The maximum absolute atomic E-state index is 12.2. The molecular formula is C22H20N4O3. The molecule has 2 heterocycles. The van der Waals surface area contributed by atoms with E-state index in [1.807, 2.05) is 68.4 Å². The van der Waals surface area contributed by atoms with Crippen LogP contribution >= 0.6 is 0 Å². The Morgan fingerprint density at radius 2 is 1.90 bits per heavy atom. The summed E-state index contributed by atoms with van der Waals surface area (Å²) in [5.74, 6) is 1.17.